The molecular formula is C22H35ClN2O2. The second kappa shape index (κ2) is 11.6. The van der Waals surface area contributed by atoms with E-state index in [0.29, 0.717) is 10.9 Å². The van der Waals surface area contributed by atoms with Gasteiger partial charge in [0, 0.05) is 11.1 Å². The van der Waals surface area contributed by atoms with E-state index < -0.39 is 0 Å². The molecule has 0 spiro atoms. The molecule has 27 heavy (non-hydrogen) atoms. The van der Waals surface area contributed by atoms with Crippen LogP contribution in [0.2, 0.25) is 5.02 Å². The van der Waals surface area contributed by atoms with Gasteiger partial charge in [-0.2, -0.15) is 0 Å². The molecule has 0 saturated heterocycles. The molecule has 0 unspecified atom stereocenters. The first kappa shape index (κ1) is 22.0. The lowest BCUT2D eigenvalue weighted by atomic mass is 9.85. The maximum atomic E-state index is 12.6. The SMILES string of the molecule is CNCCCCCc1cc(O)c(C(=O)N[C@H](C)CC2CCCCC2)cc1Cl. The first-order chi connectivity index (χ1) is 13.0. The molecule has 1 aliphatic rings. The average Bonchev–Trinajstić information content (AvgIpc) is 2.64. The standard InChI is InChI=1S/C22H35ClN2O2/c1-16(13-17-9-5-3-6-10-17)25-22(27)19-15-20(23)18(14-21(19)26)11-7-4-8-12-24-2/h14-17,24,26H,3-13H2,1-2H3,(H,25,27)/t16-/m1/s1. The number of rotatable bonds is 10. The summed E-state index contributed by atoms with van der Waals surface area (Å²) in [7, 11) is 1.95. The molecule has 3 N–H and O–H groups in total. The molecule has 2 rings (SSSR count). The van der Waals surface area contributed by atoms with Crippen LogP contribution in [0.1, 0.15) is 80.6 Å². The molecule has 1 fully saturated rings. The smallest absolute Gasteiger partial charge is 0.255 e. The van der Waals surface area contributed by atoms with Crippen molar-refractivity contribution in [1.29, 1.82) is 0 Å². The molecule has 1 aromatic rings. The topological polar surface area (TPSA) is 61.4 Å². The Bertz CT molecular complexity index is 600. The fourth-order valence-corrected chi connectivity index (χ4v) is 4.31. The van der Waals surface area contributed by atoms with Crippen molar-refractivity contribution >= 4 is 17.5 Å². The normalized spacial score (nSPS) is 16.3. The lowest BCUT2D eigenvalue weighted by Gasteiger charge is -2.25. The Kier molecular flexibility index (Phi) is 9.43. The molecule has 5 heteroatoms. The number of nitrogens with one attached hydrogen (secondary N) is 2. The number of hydrogen-bond acceptors (Lipinski definition) is 3. The fraction of sp³-hybridized carbons (Fsp3) is 0.682. The zero-order valence-electron chi connectivity index (χ0n) is 16.8. The van der Waals surface area contributed by atoms with E-state index in [1.54, 1.807) is 12.1 Å². The van der Waals surface area contributed by atoms with Crippen LogP contribution in [0, 0.1) is 5.92 Å². The summed E-state index contributed by atoms with van der Waals surface area (Å²) >= 11 is 6.37. The van der Waals surface area contributed by atoms with Gasteiger partial charge < -0.3 is 15.7 Å². The predicted octanol–water partition coefficient (Wildman–Crippen LogP) is 5.07. The zero-order chi connectivity index (χ0) is 19.6. The molecule has 4 nitrogen and oxygen atoms in total. The van der Waals surface area contributed by atoms with Gasteiger partial charge in [0.25, 0.3) is 5.91 Å². The number of hydrogen-bond donors (Lipinski definition) is 3. The number of amides is 1. The van der Waals surface area contributed by atoms with Crippen LogP contribution in [-0.4, -0.2) is 30.6 Å². The number of phenols is 1. The molecule has 0 heterocycles. The van der Waals surface area contributed by atoms with Gasteiger partial charge in [-0.1, -0.05) is 50.1 Å². The van der Waals surface area contributed by atoms with E-state index >= 15 is 0 Å². The molecule has 0 radical (unpaired) electrons. The quantitative estimate of drug-likeness (QED) is 0.485. The van der Waals surface area contributed by atoms with Gasteiger partial charge in [0.1, 0.15) is 5.75 Å². The highest BCUT2D eigenvalue weighted by atomic mass is 35.5. The van der Waals surface area contributed by atoms with Crippen LogP contribution in [0.3, 0.4) is 0 Å². The second-order valence-electron chi connectivity index (χ2n) is 7.99. The van der Waals surface area contributed by atoms with Crippen molar-refractivity contribution in [3.05, 3.63) is 28.3 Å². The number of aryl methyl sites for hydroxylation is 1. The molecule has 0 aliphatic heterocycles. The minimum atomic E-state index is -0.238. The van der Waals surface area contributed by atoms with Gasteiger partial charge in [0.15, 0.2) is 0 Å². The lowest BCUT2D eigenvalue weighted by Crippen LogP contribution is -2.34. The van der Waals surface area contributed by atoms with Gasteiger partial charge in [-0.05, 0) is 69.8 Å². The summed E-state index contributed by atoms with van der Waals surface area (Å²) in [6.45, 7) is 3.06. The van der Waals surface area contributed by atoms with Crippen LogP contribution in [0.15, 0.2) is 12.1 Å². The van der Waals surface area contributed by atoms with E-state index in [0.717, 1.165) is 44.2 Å². The monoisotopic (exact) mass is 394 g/mol. The Hall–Kier alpha value is -1.26. The van der Waals surface area contributed by atoms with E-state index in [9.17, 15) is 9.90 Å². The summed E-state index contributed by atoms with van der Waals surface area (Å²) < 4.78 is 0. The molecule has 1 amide bonds. The highest BCUT2D eigenvalue weighted by Gasteiger charge is 2.20. The number of carbonyl (C=O) groups is 1. The van der Waals surface area contributed by atoms with Gasteiger partial charge in [-0.25, -0.2) is 0 Å². The number of carbonyl (C=O) groups excluding carboxylic acids is 1. The zero-order valence-corrected chi connectivity index (χ0v) is 17.6. The van der Waals surface area contributed by atoms with Gasteiger partial charge in [-0.3, -0.25) is 4.79 Å². The highest BCUT2D eigenvalue weighted by molar-refractivity contribution is 6.31. The number of benzene rings is 1. The Balaban J connectivity index is 1.88. The van der Waals surface area contributed by atoms with E-state index in [1.165, 1.54) is 32.1 Å². The highest BCUT2D eigenvalue weighted by Crippen LogP contribution is 2.29. The van der Waals surface area contributed by atoms with Crippen molar-refractivity contribution in [1.82, 2.24) is 10.6 Å². The van der Waals surface area contributed by atoms with Crippen LogP contribution in [0.4, 0.5) is 0 Å². The molecule has 1 atom stereocenters. The predicted molar refractivity (Wildman–Crippen MR) is 113 cm³/mol. The van der Waals surface area contributed by atoms with Gasteiger partial charge in [-0.15, -0.1) is 0 Å². The molecule has 0 bridgehead atoms. The Labute approximate surface area is 169 Å². The molecule has 1 saturated carbocycles. The van der Waals surface area contributed by atoms with Crippen LogP contribution in [-0.2, 0) is 6.42 Å². The van der Waals surface area contributed by atoms with Crippen molar-refractivity contribution in [3.8, 4) is 5.75 Å². The third-order valence-corrected chi connectivity index (χ3v) is 5.92. The van der Waals surface area contributed by atoms with Crippen molar-refractivity contribution < 1.29 is 9.90 Å². The summed E-state index contributed by atoms with van der Waals surface area (Å²) in [5.74, 6) is 0.488. The first-order valence-corrected chi connectivity index (χ1v) is 10.9. The maximum Gasteiger partial charge on any atom is 0.255 e. The molecule has 152 valence electrons. The fourth-order valence-electron chi connectivity index (χ4n) is 4.06. The van der Waals surface area contributed by atoms with Crippen LogP contribution >= 0.6 is 11.6 Å². The summed E-state index contributed by atoms with van der Waals surface area (Å²) in [4.78, 5) is 12.6. The molecule has 1 aliphatic carbocycles. The average molecular weight is 395 g/mol. The lowest BCUT2D eigenvalue weighted by molar-refractivity contribution is 0.0930. The van der Waals surface area contributed by atoms with Crippen LogP contribution in [0.5, 0.6) is 5.75 Å². The van der Waals surface area contributed by atoms with Crippen molar-refractivity contribution in [2.24, 2.45) is 5.92 Å². The minimum Gasteiger partial charge on any atom is -0.507 e. The number of aromatic hydroxyl groups is 1. The van der Waals surface area contributed by atoms with E-state index in [1.807, 2.05) is 14.0 Å². The van der Waals surface area contributed by atoms with Crippen molar-refractivity contribution in [2.75, 3.05) is 13.6 Å². The summed E-state index contributed by atoms with van der Waals surface area (Å²) in [6, 6.07) is 3.37. The Morgan fingerprint density at radius 3 is 2.67 bits per heavy atom. The summed E-state index contributed by atoms with van der Waals surface area (Å²) in [5, 5.41) is 17.1. The number of phenolic OH excluding ortho intramolecular Hbond substituents is 1. The third-order valence-electron chi connectivity index (χ3n) is 5.57. The summed E-state index contributed by atoms with van der Waals surface area (Å²) in [5.41, 5.74) is 1.18. The first-order valence-electron chi connectivity index (χ1n) is 10.5. The molecular weight excluding hydrogens is 360 g/mol. The van der Waals surface area contributed by atoms with E-state index in [-0.39, 0.29) is 23.3 Å². The van der Waals surface area contributed by atoms with E-state index in [2.05, 4.69) is 10.6 Å². The Morgan fingerprint density at radius 1 is 1.22 bits per heavy atom. The van der Waals surface area contributed by atoms with Gasteiger partial charge in [0.2, 0.25) is 0 Å². The van der Waals surface area contributed by atoms with Crippen molar-refractivity contribution in [2.45, 2.75) is 77.2 Å². The van der Waals surface area contributed by atoms with Crippen molar-refractivity contribution in [3.63, 3.8) is 0 Å². The van der Waals surface area contributed by atoms with Gasteiger partial charge >= 0.3 is 0 Å². The number of halogens is 1. The molecule has 0 aromatic heterocycles. The summed E-state index contributed by atoms with van der Waals surface area (Å²) in [6.07, 6.45) is 11.5. The maximum absolute atomic E-state index is 12.6. The van der Waals surface area contributed by atoms with Gasteiger partial charge in [0.05, 0.1) is 5.56 Å². The van der Waals surface area contributed by atoms with E-state index in [4.69, 9.17) is 11.6 Å². The largest absolute Gasteiger partial charge is 0.507 e. The Morgan fingerprint density at radius 2 is 1.96 bits per heavy atom. The minimum absolute atomic E-state index is 0.0204. The second-order valence-corrected chi connectivity index (χ2v) is 8.40. The third kappa shape index (κ3) is 7.34. The van der Waals surface area contributed by atoms with Crippen LogP contribution in [0.25, 0.3) is 0 Å². The number of unbranched alkanes of at least 4 members (excludes halogenated alkanes) is 2. The van der Waals surface area contributed by atoms with Crippen LogP contribution < -0.4 is 10.6 Å². The molecule has 1 aromatic carbocycles.